The van der Waals surface area contributed by atoms with E-state index in [0.29, 0.717) is 28.3 Å². The Labute approximate surface area is 236 Å². The minimum absolute atomic E-state index is 0.0132. The summed E-state index contributed by atoms with van der Waals surface area (Å²) >= 11 is 6.12. The van der Waals surface area contributed by atoms with Gasteiger partial charge in [0, 0.05) is 18.3 Å². The summed E-state index contributed by atoms with van der Waals surface area (Å²) in [6, 6.07) is 4.05. The largest absolute Gasteiger partial charge is 0.410 e. The number of urea groups is 1. The number of hydrogen-bond acceptors (Lipinski definition) is 8. The Balaban J connectivity index is 1.59. The van der Waals surface area contributed by atoms with Crippen LogP contribution in [0.3, 0.4) is 0 Å². The van der Waals surface area contributed by atoms with E-state index in [1.54, 1.807) is 25.1 Å². The first kappa shape index (κ1) is 29.7. The fourth-order valence-electron chi connectivity index (χ4n) is 4.25. The van der Waals surface area contributed by atoms with Crippen LogP contribution >= 0.6 is 11.6 Å². The molecule has 3 N–H and O–H groups in total. The van der Waals surface area contributed by atoms with Gasteiger partial charge in [0.05, 0.1) is 19.2 Å². The number of nitrogens with zero attached hydrogens (tertiary/aromatic N) is 4. The second-order valence-corrected chi connectivity index (χ2v) is 9.44. The summed E-state index contributed by atoms with van der Waals surface area (Å²) in [4.78, 5) is 44.0. The number of hydrogen-bond donors (Lipinski definition) is 3. The average molecular weight is 596 g/mol. The quantitative estimate of drug-likeness (QED) is 0.322. The van der Waals surface area contributed by atoms with Gasteiger partial charge in [-0.25, -0.2) is 14.4 Å². The minimum atomic E-state index is -4.63. The number of methoxy groups -OCH3 is 1. The van der Waals surface area contributed by atoms with Crippen molar-refractivity contribution in [2.45, 2.75) is 37.6 Å². The Morgan fingerprint density at radius 3 is 2.68 bits per heavy atom. The molecule has 1 aliphatic rings. The first-order chi connectivity index (χ1) is 19.5. The summed E-state index contributed by atoms with van der Waals surface area (Å²) in [5.41, 5.74) is 0.916. The van der Waals surface area contributed by atoms with Gasteiger partial charge in [-0.05, 0) is 47.0 Å². The third-order valence-corrected chi connectivity index (χ3v) is 6.51. The van der Waals surface area contributed by atoms with E-state index in [0.717, 1.165) is 4.90 Å². The number of carbonyl (C=O) groups is 3. The van der Waals surface area contributed by atoms with Crippen molar-refractivity contribution in [2.24, 2.45) is 0 Å². The van der Waals surface area contributed by atoms with Crippen molar-refractivity contribution in [2.75, 3.05) is 25.6 Å². The average Bonchev–Trinajstić information content (AvgIpc) is 3.57. The van der Waals surface area contributed by atoms with E-state index < -0.39 is 48.7 Å². The summed E-state index contributed by atoms with van der Waals surface area (Å²) < 4.78 is 49.6. The van der Waals surface area contributed by atoms with Gasteiger partial charge in [0.15, 0.2) is 5.69 Å². The molecule has 0 radical (unpaired) electrons. The number of rotatable bonds is 10. The van der Waals surface area contributed by atoms with E-state index >= 15 is 0 Å². The molecule has 1 aliphatic heterocycles. The van der Waals surface area contributed by atoms with Crippen molar-refractivity contribution in [1.82, 2.24) is 30.8 Å². The van der Waals surface area contributed by atoms with Crippen LogP contribution < -0.4 is 16.0 Å². The molecule has 0 unspecified atom stereocenters. The lowest BCUT2D eigenvalue weighted by Crippen LogP contribution is -2.40. The number of pyridine rings is 1. The fraction of sp³-hybridized carbons (Fsp3) is 0.360. The van der Waals surface area contributed by atoms with Crippen molar-refractivity contribution in [3.05, 3.63) is 70.1 Å². The number of benzene rings is 1. The Hall–Kier alpha value is -4.24. The molecule has 218 valence electrons. The van der Waals surface area contributed by atoms with Gasteiger partial charge in [-0.1, -0.05) is 35.8 Å². The highest BCUT2D eigenvalue weighted by atomic mass is 35.5. The standard InChI is InChI=1S/C25H25ClF3N7O5/c1-3-16-21(35-41-34-16)23(38)33-20(14-5-4-6-15(26)9-14)22(37)32-19-10-13(7-8-30-19)17(12-40-2)36-11-18(25(27,28)29)31-24(36)39/h4-10,17-18,20H,3,11-12H2,1-2H3,(H,31,39)(H,33,38)(H,30,32,37)/t17-,18+,20+/m1/s1. The zero-order chi connectivity index (χ0) is 29.7. The molecule has 41 heavy (non-hydrogen) atoms. The van der Waals surface area contributed by atoms with Crippen LogP contribution in [0, 0.1) is 0 Å². The normalized spacial score (nSPS) is 16.7. The Kier molecular flexibility index (Phi) is 9.08. The van der Waals surface area contributed by atoms with Gasteiger partial charge in [0.2, 0.25) is 0 Å². The van der Waals surface area contributed by atoms with Crippen LogP contribution in [-0.2, 0) is 16.0 Å². The predicted molar refractivity (Wildman–Crippen MR) is 138 cm³/mol. The van der Waals surface area contributed by atoms with Crippen molar-refractivity contribution in [3.8, 4) is 0 Å². The molecule has 1 aromatic carbocycles. The molecule has 1 fully saturated rings. The molecule has 1 saturated heterocycles. The highest BCUT2D eigenvalue weighted by molar-refractivity contribution is 6.30. The third-order valence-electron chi connectivity index (χ3n) is 6.28. The lowest BCUT2D eigenvalue weighted by molar-refractivity contribution is -0.150. The number of carbonyl (C=O) groups excluding carboxylic acids is 3. The number of halogens is 4. The highest BCUT2D eigenvalue weighted by Gasteiger charge is 2.48. The van der Waals surface area contributed by atoms with Crippen LogP contribution in [0.2, 0.25) is 5.02 Å². The summed E-state index contributed by atoms with van der Waals surface area (Å²) in [6.07, 6.45) is -2.94. The molecule has 2 aromatic heterocycles. The molecular weight excluding hydrogens is 571 g/mol. The van der Waals surface area contributed by atoms with E-state index in [1.165, 1.54) is 31.5 Å². The lowest BCUT2D eigenvalue weighted by atomic mass is 10.0. The number of aryl methyl sites for hydroxylation is 1. The SMILES string of the molecule is CCc1nonc1C(=O)N[C@H](C(=O)Nc1cc([C@@H](COC)N2C[C@@H](C(F)(F)F)NC2=O)ccn1)c1cccc(Cl)c1. The molecule has 3 atom stereocenters. The van der Waals surface area contributed by atoms with E-state index in [-0.39, 0.29) is 18.1 Å². The molecule has 0 saturated carbocycles. The molecule has 16 heteroatoms. The number of alkyl halides is 3. The predicted octanol–water partition coefficient (Wildman–Crippen LogP) is 3.43. The number of anilines is 1. The van der Waals surface area contributed by atoms with Crippen LogP contribution in [0.15, 0.2) is 47.2 Å². The van der Waals surface area contributed by atoms with Crippen molar-refractivity contribution in [3.63, 3.8) is 0 Å². The summed E-state index contributed by atoms with van der Waals surface area (Å²) in [5, 5.41) is 14.7. The molecule has 12 nitrogen and oxygen atoms in total. The zero-order valence-corrected chi connectivity index (χ0v) is 22.5. The van der Waals surface area contributed by atoms with Crippen LogP contribution in [0.1, 0.15) is 46.3 Å². The monoisotopic (exact) mass is 595 g/mol. The molecule has 0 aliphatic carbocycles. The van der Waals surface area contributed by atoms with Crippen LogP contribution in [0.25, 0.3) is 0 Å². The maximum absolute atomic E-state index is 13.5. The van der Waals surface area contributed by atoms with Gasteiger partial charge >= 0.3 is 12.2 Å². The fourth-order valence-corrected chi connectivity index (χ4v) is 4.45. The summed E-state index contributed by atoms with van der Waals surface area (Å²) in [6.45, 7) is 1.00. The maximum atomic E-state index is 13.5. The molecule has 3 heterocycles. The Morgan fingerprint density at radius 2 is 2.02 bits per heavy atom. The van der Waals surface area contributed by atoms with Crippen LogP contribution in [0.5, 0.6) is 0 Å². The number of amides is 4. The second-order valence-electron chi connectivity index (χ2n) is 9.01. The lowest BCUT2D eigenvalue weighted by Gasteiger charge is -2.27. The number of ether oxygens (including phenoxy) is 1. The molecule has 4 rings (SSSR count). The van der Waals surface area contributed by atoms with Gasteiger partial charge in [-0.3, -0.25) is 9.59 Å². The van der Waals surface area contributed by atoms with Gasteiger partial charge in [-0.15, -0.1) is 0 Å². The first-order valence-electron chi connectivity index (χ1n) is 12.3. The molecular formula is C25H25ClF3N7O5. The van der Waals surface area contributed by atoms with Gasteiger partial charge < -0.3 is 25.6 Å². The Bertz CT molecular complexity index is 1420. The van der Waals surface area contributed by atoms with Gasteiger partial charge in [-0.2, -0.15) is 13.2 Å². The molecule has 0 bridgehead atoms. The van der Waals surface area contributed by atoms with E-state index in [1.807, 2.05) is 5.32 Å². The highest BCUT2D eigenvalue weighted by Crippen LogP contribution is 2.31. The van der Waals surface area contributed by atoms with E-state index in [9.17, 15) is 27.6 Å². The summed E-state index contributed by atoms with van der Waals surface area (Å²) in [7, 11) is 1.35. The topological polar surface area (TPSA) is 152 Å². The van der Waals surface area contributed by atoms with E-state index in [2.05, 4.69) is 30.6 Å². The van der Waals surface area contributed by atoms with Gasteiger partial charge in [0.25, 0.3) is 11.8 Å². The van der Waals surface area contributed by atoms with Crippen LogP contribution in [0.4, 0.5) is 23.8 Å². The Morgan fingerprint density at radius 1 is 1.24 bits per heavy atom. The number of nitrogens with one attached hydrogen (secondary N) is 3. The van der Waals surface area contributed by atoms with Crippen LogP contribution in [-0.4, -0.2) is 70.5 Å². The maximum Gasteiger partial charge on any atom is 0.410 e. The molecule has 0 spiro atoms. The van der Waals surface area contributed by atoms with E-state index in [4.69, 9.17) is 16.3 Å². The minimum Gasteiger partial charge on any atom is -0.382 e. The smallest absolute Gasteiger partial charge is 0.382 e. The zero-order valence-electron chi connectivity index (χ0n) is 21.7. The molecule has 3 aromatic rings. The van der Waals surface area contributed by atoms with Crippen molar-refractivity contribution in [1.29, 1.82) is 0 Å². The third kappa shape index (κ3) is 6.92. The van der Waals surface area contributed by atoms with Gasteiger partial charge in [0.1, 0.15) is 23.6 Å². The second kappa shape index (κ2) is 12.5. The van der Waals surface area contributed by atoms with Crippen molar-refractivity contribution >= 4 is 35.3 Å². The molecule has 4 amide bonds. The first-order valence-corrected chi connectivity index (χ1v) is 12.7. The number of aromatic nitrogens is 3. The summed E-state index contributed by atoms with van der Waals surface area (Å²) in [5.74, 6) is -1.41. The van der Waals surface area contributed by atoms with Crippen molar-refractivity contribution < 1.29 is 36.9 Å².